The van der Waals surface area contributed by atoms with Crippen LogP contribution in [0.25, 0.3) is 33.9 Å². The van der Waals surface area contributed by atoms with Crippen molar-refractivity contribution in [3.8, 4) is 33.9 Å². The Labute approximate surface area is 214 Å². The van der Waals surface area contributed by atoms with Crippen LogP contribution in [0, 0.1) is 5.92 Å². The highest BCUT2D eigenvalue weighted by Crippen LogP contribution is 2.30. The molecule has 186 valence electrons. The fraction of sp³-hybridized carbons (Fsp3) is 0.214. The summed E-state index contributed by atoms with van der Waals surface area (Å²) in [6.45, 7) is 4.85. The van der Waals surface area contributed by atoms with Crippen LogP contribution in [0.2, 0.25) is 0 Å². The number of H-pyrrole nitrogens is 1. The molecule has 5 rings (SSSR count). The zero-order valence-electron chi connectivity index (χ0n) is 20.7. The van der Waals surface area contributed by atoms with E-state index in [1.54, 1.807) is 0 Å². The normalized spacial score (nSPS) is 11.2. The number of hydrogen-bond acceptors (Lipinski definition) is 6. The van der Waals surface area contributed by atoms with Gasteiger partial charge in [0.25, 0.3) is 0 Å². The van der Waals surface area contributed by atoms with Gasteiger partial charge in [0, 0.05) is 17.5 Å². The van der Waals surface area contributed by atoms with Crippen molar-refractivity contribution in [3.05, 3.63) is 89.7 Å². The van der Waals surface area contributed by atoms with Crippen LogP contribution in [0.3, 0.4) is 0 Å². The van der Waals surface area contributed by atoms with E-state index in [0.717, 1.165) is 51.5 Å². The van der Waals surface area contributed by atoms with Crippen molar-refractivity contribution in [2.24, 2.45) is 5.92 Å². The molecule has 3 aromatic carbocycles. The van der Waals surface area contributed by atoms with Gasteiger partial charge in [-0.05, 0) is 38.6 Å². The highest BCUT2D eigenvalue weighted by molar-refractivity contribution is 5.80. The third-order valence-corrected chi connectivity index (χ3v) is 6.00. The monoisotopic (exact) mass is 493 g/mol. The van der Waals surface area contributed by atoms with Gasteiger partial charge in [0.2, 0.25) is 0 Å². The van der Waals surface area contributed by atoms with E-state index in [1.165, 1.54) is 0 Å². The van der Waals surface area contributed by atoms with Crippen molar-refractivity contribution in [1.82, 2.24) is 35.4 Å². The maximum atomic E-state index is 11.0. The van der Waals surface area contributed by atoms with E-state index in [4.69, 9.17) is 15.2 Å². The Morgan fingerprint density at radius 3 is 2.24 bits per heavy atom. The van der Waals surface area contributed by atoms with E-state index in [9.17, 15) is 4.79 Å². The number of carbonyl (C=O) groups is 1. The van der Waals surface area contributed by atoms with Crippen LogP contribution in [0.15, 0.2) is 72.8 Å². The van der Waals surface area contributed by atoms with Gasteiger partial charge in [-0.1, -0.05) is 86.6 Å². The second kappa shape index (κ2) is 10.5. The second-order valence-corrected chi connectivity index (χ2v) is 9.37. The molecular formula is C28H27N7O2. The average Bonchev–Trinajstić information content (AvgIpc) is 3.55. The van der Waals surface area contributed by atoms with Crippen molar-refractivity contribution in [2.75, 3.05) is 0 Å². The van der Waals surface area contributed by atoms with Crippen LogP contribution in [-0.2, 0) is 24.2 Å². The molecule has 5 aromatic rings. The quantitative estimate of drug-likeness (QED) is 0.306. The Morgan fingerprint density at radius 2 is 1.59 bits per heavy atom. The molecule has 0 aliphatic carbocycles. The molecular weight excluding hydrogens is 466 g/mol. The molecule has 0 unspecified atom stereocenters. The Hall–Kier alpha value is -4.66. The fourth-order valence-corrected chi connectivity index (χ4v) is 4.29. The van der Waals surface area contributed by atoms with E-state index >= 15 is 0 Å². The molecule has 0 radical (unpaired) electrons. The molecule has 0 saturated heterocycles. The molecule has 0 atom stereocenters. The minimum absolute atomic E-state index is 0.00596. The van der Waals surface area contributed by atoms with E-state index in [2.05, 4.69) is 64.8 Å². The predicted molar refractivity (Wildman–Crippen MR) is 139 cm³/mol. The number of nitrogens with one attached hydrogen (secondary N) is 1. The van der Waals surface area contributed by atoms with Crippen LogP contribution in [0.5, 0.6) is 0 Å². The lowest BCUT2D eigenvalue weighted by molar-refractivity contribution is -0.136. The van der Waals surface area contributed by atoms with Gasteiger partial charge in [-0.2, -0.15) is 5.10 Å². The van der Waals surface area contributed by atoms with Gasteiger partial charge in [0.05, 0.1) is 13.0 Å². The number of benzene rings is 3. The van der Waals surface area contributed by atoms with Gasteiger partial charge in [-0.3, -0.25) is 4.79 Å². The average molecular weight is 494 g/mol. The van der Waals surface area contributed by atoms with Crippen LogP contribution in [0.1, 0.15) is 30.8 Å². The van der Waals surface area contributed by atoms with Crippen molar-refractivity contribution < 1.29 is 9.90 Å². The summed E-state index contributed by atoms with van der Waals surface area (Å²) in [7, 11) is 0. The highest BCUT2D eigenvalue weighted by Gasteiger charge is 2.15. The van der Waals surface area contributed by atoms with Crippen LogP contribution >= 0.6 is 0 Å². The number of carboxylic acid groups (broad SMARTS) is 1. The van der Waals surface area contributed by atoms with Gasteiger partial charge in [0.1, 0.15) is 0 Å². The molecule has 0 spiro atoms. The van der Waals surface area contributed by atoms with E-state index in [0.29, 0.717) is 18.3 Å². The van der Waals surface area contributed by atoms with Crippen molar-refractivity contribution >= 4 is 5.97 Å². The highest BCUT2D eigenvalue weighted by atomic mass is 16.4. The number of hydrogen-bond donors (Lipinski definition) is 2. The first-order valence-corrected chi connectivity index (χ1v) is 12.1. The molecule has 9 heteroatoms. The third-order valence-electron chi connectivity index (χ3n) is 6.00. The van der Waals surface area contributed by atoms with Crippen LogP contribution in [0.4, 0.5) is 0 Å². The molecule has 0 amide bonds. The van der Waals surface area contributed by atoms with Crippen molar-refractivity contribution in [3.63, 3.8) is 0 Å². The Balaban J connectivity index is 1.43. The lowest BCUT2D eigenvalue weighted by atomic mass is 9.98. The van der Waals surface area contributed by atoms with E-state index < -0.39 is 5.97 Å². The van der Waals surface area contributed by atoms with Crippen molar-refractivity contribution in [2.45, 2.75) is 33.2 Å². The predicted octanol–water partition coefficient (Wildman–Crippen LogP) is 4.67. The molecule has 2 heterocycles. The summed E-state index contributed by atoms with van der Waals surface area (Å²) in [5.74, 6) is 1.77. The largest absolute Gasteiger partial charge is 0.481 e. The molecule has 0 aliphatic heterocycles. The van der Waals surface area contributed by atoms with Gasteiger partial charge in [-0.25, -0.2) is 14.8 Å². The van der Waals surface area contributed by atoms with Crippen LogP contribution < -0.4 is 0 Å². The summed E-state index contributed by atoms with van der Waals surface area (Å²) in [5.41, 5.74) is 5.78. The topological polar surface area (TPSA) is 122 Å². The molecule has 2 N–H and O–H groups in total. The van der Waals surface area contributed by atoms with Gasteiger partial charge >= 0.3 is 5.97 Å². The van der Waals surface area contributed by atoms with Gasteiger partial charge in [0.15, 0.2) is 17.5 Å². The summed E-state index contributed by atoms with van der Waals surface area (Å²) in [4.78, 5) is 15.9. The van der Waals surface area contributed by atoms with Gasteiger partial charge < -0.3 is 5.11 Å². The molecule has 2 aromatic heterocycles. The zero-order chi connectivity index (χ0) is 25.8. The zero-order valence-corrected chi connectivity index (χ0v) is 20.7. The number of carboxylic acids is 1. The maximum Gasteiger partial charge on any atom is 0.307 e. The summed E-state index contributed by atoms with van der Waals surface area (Å²) >= 11 is 0. The smallest absolute Gasteiger partial charge is 0.307 e. The Morgan fingerprint density at radius 1 is 0.919 bits per heavy atom. The first kappa shape index (κ1) is 24.1. The SMILES string of the molecule is CC(C)Cc1nc(-c2ccc(CC(=O)O)cc2)n(Cc2ccc(-c3ccccc3-c3nnn[nH]3)cc2)n1. The molecule has 9 nitrogen and oxygen atoms in total. The molecule has 0 aliphatic rings. The first-order valence-electron chi connectivity index (χ1n) is 12.1. The molecule has 0 bridgehead atoms. The molecule has 0 saturated carbocycles. The summed E-state index contributed by atoms with van der Waals surface area (Å²) in [6, 6.07) is 23.9. The number of nitrogens with zero attached hydrogens (tertiary/aromatic N) is 6. The summed E-state index contributed by atoms with van der Waals surface area (Å²) in [5, 5.41) is 28.2. The number of tetrazole rings is 1. The minimum Gasteiger partial charge on any atom is -0.481 e. The first-order chi connectivity index (χ1) is 18.0. The summed E-state index contributed by atoms with van der Waals surface area (Å²) in [6.07, 6.45) is 0.775. The lowest BCUT2D eigenvalue weighted by Gasteiger charge is -2.10. The number of aliphatic carboxylic acids is 1. The number of rotatable bonds is 9. The molecule has 37 heavy (non-hydrogen) atoms. The Kier molecular flexibility index (Phi) is 6.85. The Bertz CT molecular complexity index is 1490. The van der Waals surface area contributed by atoms with E-state index in [-0.39, 0.29) is 6.42 Å². The van der Waals surface area contributed by atoms with E-state index in [1.807, 2.05) is 47.1 Å². The van der Waals surface area contributed by atoms with Crippen LogP contribution in [-0.4, -0.2) is 46.5 Å². The molecule has 0 fully saturated rings. The third kappa shape index (κ3) is 5.61. The summed E-state index contributed by atoms with van der Waals surface area (Å²) < 4.78 is 1.92. The second-order valence-electron chi connectivity index (χ2n) is 9.37. The number of aromatic nitrogens is 7. The van der Waals surface area contributed by atoms with Crippen molar-refractivity contribution in [1.29, 1.82) is 0 Å². The maximum absolute atomic E-state index is 11.0. The lowest BCUT2D eigenvalue weighted by Crippen LogP contribution is -2.05. The minimum atomic E-state index is -0.848. The number of aromatic amines is 1. The van der Waals surface area contributed by atoms with Gasteiger partial charge in [-0.15, -0.1) is 5.10 Å². The fourth-order valence-electron chi connectivity index (χ4n) is 4.29. The standard InChI is InChI=1S/C28H27N7O2/c1-18(2)15-25-29-28(22-13-7-19(8-14-22)16-26(36)37)35(32-25)17-20-9-11-21(12-10-20)23-5-3-4-6-24(23)27-30-33-34-31-27/h3-14,18H,15-17H2,1-2H3,(H,36,37)(H,30,31,33,34).